The summed E-state index contributed by atoms with van der Waals surface area (Å²) in [4.78, 5) is 24.4. The summed E-state index contributed by atoms with van der Waals surface area (Å²) in [6.45, 7) is 3.68. The average Bonchev–Trinajstić information content (AvgIpc) is 2.87. The van der Waals surface area contributed by atoms with Crippen molar-refractivity contribution in [2.75, 3.05) is 27.4 Å². The first-order valence-corrected chi connectivity index (χ1v) is 11.2. The molecular weight excluding hydrogens is 468 g/mol. The molecule has 0 spiro atoms. The fourth-order valence-corrected chi connectivity index (χ4v) is 3.54. The predicted molar refractivity (Wildman–Crippen MR) is 132 cm³/mol. The Morgan fingerprint density at radius 1 is 1.19 bits per heavy atom. The molecule has 11 nitrogen and oxygen atoms in total. The van der Waals surface area contributed by atoms with Crippen LogP contribution in [0.3, 0.4) is 0 Å². The molecule has 4 N–H and O–H groups in total. The van der Waals surface area contributed by atoms with E-state index in [-0.39, 0.29) is 12.2 Å². The van der Waals surface area contributed by atoms with Gasteiger partial charge in [0.2, 0.25) is 0 Å². The number of carbonyl (C=O) groups excluding carboxylic acids is 2. The van der Waals surface area contributed by atoms with Crippen LogP contribution in [0.2, 0.25) is 0 Å². The molecule has 0 saturated heterocycles. The molecule has 2 atom stereocenters. The van der Waals surface area contributed by atoms with Gasteiger partial charge in [-0.1, -0.05) is 18.2 Å². The van der Waals surface area contributed by atoms with Crippen molar-refractivity contribution in [3.8, 4) is 17.2 Å². The Morgan fingerprint density at radius 2 is 2.00 bits per heavy atom. The minimum Gasteiger partial charge on any atom is -0.497 e. The summed E-state index contributed by atoms with van der Waals surface area (Å²) in [5.41, 5.74) is 4.67. The van der Waals surface area contributed by atoms with E-state index in [2.05, 4.69) is 21.2 Å². The number of esters is 1. The summed E-state index contributed by atoms with van der Waals surface area (Å²) >= 11 is 0. The van der Waals surface area contributed by atoms with Crippen molar-refractivity contribution in [1.29, 1.82) is 0 Å². The highest BCUT2D eigenvalue weighted by atomic mass is 16.5. The van der Waals surface area contributed by atoms with Gasteiger partial charge in [0, 0.05) is 5.70 Å². The molecule has 2 amide bonds. The lowest BCUT2D eigenvalue weighted by Crippen LogP contribution is -2.45. The Bertz CT molecular complexity index is 1150. The second-order valence-electron chi connectivity index (χ2n) is 7.69. The third kappa shape index (κ3) is 6.66. The molecule has 1 heterocycles. The second-order valence-corrected chi connectivity index (χ2v) is 7.69. The number of urea groups is 1. The zero-order chi connectivity index (χ0) is 26.1. The van der Waals surface area contributed by atoms with E-state index in [0.29, 0.717) is 35.1 Å². The lowest BCUT2D eigenvalue weighted by molar-refractivity contribution is -0.136. The molecule has 0 saturated carbocycles. The minimum absolute atomic E-state index is 0.120. The van der Waals surface area contributed by atoms with Crippen LogP contribution in [-0.2, 0) is 9.53 Å². The highest BCUT2D eigenvalue weighted by molar-refractivity contribution is 5.95. The van der Waals surface area contributed by atoms with Gasteiger partial charge in [0.25, 0.3) is 0 Å². The van der Waals surface area contributed by atoms with Gasteiger partial charge in [-0.05, 0) is 49.2 Å². The number of hydrogen-bond acceptors (Lipinski definition) is 9. The van der Waals surface area contributed by atoms with Crippen LogP contribution in [0.4, 0.5) is 4.79 Å². The number of amides is 2. The number of nitrogens with zero attached hydrogens (tertiary/aromatic N) is 1. The zero-order valence-corrected chi connectivity index (χ0v) is 20.5. The summed E-state index contributed by atoms with van der Waals surface area (Å²) in [5.74, 6) is 0.894. The average molecular weight is 499 g/mol. The number of carbonyl (C=O) groups is 2. The van der Waals surface area contributed by atoms with Crippen LogP contribution >= 0.6 is 0 Å². The van der Waals surface area contributed by atoms with Crippen LogP contribution in [0.25, 0.3) is 0 Å². The number of rotatable bonds is 11. The number of hydrazone groups is 1. The maximum Gasteiger partial charge on any atom is 0.337 e. The molecule has 36 heavy (non-hydrogen) atoms. The van der Waals surface area contributed by atoms with Gasteiger partial charge < -0.3 is 34.7 Å². The van der Waals surface area contributed by atoms with Crippen LogP contribution in [0.15, 0.2) is 58.8 Å². The first kappa shape index (κ1) is 26.4. The molecule has 0 fully saturated rings. The third-order valence-corrected chi connectivity index (χ3v) is 5.20. The number of allylic oxidation sites excluding steroid dienone is 1. The second kappa shape index (κ2) is 12.5. The van der Waals surface area contributed by atoms with Gasteiger partial charge in [0.05, 0.1) is 38.7 Å². The van der Waals surface area contributed by atoms with Gasteiger partial charge >= 0.3 is 12.0 Å². The molecule has 0 radical (unpaired) electrons. The third-order valence-electron chi connectivity index (χ3n) is 5.20. The molecule has 1 aliphatic heterocycles. The number of hydrogen-bond donors (Lipinski definition) is 4. The van der Waals surface area contributed by atoms with E-state index in [4.69, 9.17) is 18.9 Å². The molecule has 3 rings (SSSR count). The Kier molecular flexibility index (Phi) is 9.12. The molecule has 2 aromatic carbocycles. The summed E-state index contributed by atoms with van der Waals surface area (Å²) in [6.07, 6.45) is 0.453. The monoisotopic (exact) mass is 498 g/mol. The van der Waals surface area contributed by atoms with E-state index in [0.717, 1.165) is 5.56 Å². The van der Waals surface area contributed by atoms with E-state index in [1.165, 1.54) is 7.11 Å². The fourth-order valence-electron chi connectivity index (χ4n) is 3.54. The maximum absolute atomic E-state index is 12.4. The summed E-state index contributed by atoms with van der Waals surface area (Å²) in [7, 11) is 2.86. The molecule has 192 valence electrons. The van der Waals surface area contributed by atoms with E-state index in [1.807, 2.05) is 25.1 Å². The molecular formula is C25H30N4O7. The van der Waals surface area contributed by atoms with Crippen molar-refractivity contribution in [3.63, 3.8) is 0 Å². The van der Waals surface area contributed by atoms with Gasteiger partial charge in [-0.25, -0.2) is 9.59 Å². The quantitative estimate of drug-likeness (QED) is 0.160. The van der Waals surface area contributed by atoms with Crippen LogP contribution in [0.1, 0.15) is 31.0 Å². The van der Waals surface area contributed by atoms with E-state index in [9.17, 15) is 14.7 Å². The molecule has 0 aliphatic carbocycles. The van der Waals surface area contributed by atoms with Crippen molar-refractivity contribution in [1.82, 2.24) is 16.1 Å². The van der Waals surface area contributed by atoms with Crippen LogP contribution in [-0.4, -0.2) is 57.0 Å². The molecule has 11 heteroatoms. The van der Waals surface area contributed by atoms with Gasteiger partial charge in [-0.3, -0.25) is 5.43 Å². The highest BCUT2D eigenvalue weighted by Gasteiger charge is 2.32. The molecule has 2 aromatic rings. The number of aliphatic hydroxyl groups excluding tert-OH is 1. The van der Waals surface area contributed by atoms with E-state index < -0.39 is 24.3 Å². The lowest BCUT2D eigenvalue weighted by Gasteiger charge is -2.28. The predicted octanol–water partition coefficient (Wildman–Crippen LogP) is 2.22. The van der Waals surface area contributed by atoms with Crippen LogP contribution in [0.5, 0.6) is 17.2 Å². The minimum atomic E-state index is -1.10. The normalized spacial score (nSPS) is 16.1. The van der Waals surface area contributed by atoms with Crippen LogP contribution in [0, 0.1) is 0 Å². The Balaban J connectivity index is 1.70. The highest BCUT2D eigenvalue weighted by Crippen LogP contribution is 2.34. The van der Waals surface area contributed by atoms with Crippen molar-refractivity contribution in [2.45, 2.75) is 26.1 Å². The van der Waals surface area contributed by atoms with Crippen LogP contribution < -0.4 is 30.3 Å². The van der Waals surface area contributed by atoms with Crippen molar-refractivity contribution >= 4 is 18.2 Å². The lowest BCUT2D eigenvalue weighted by atomic mass is 9.95. The number of nitrogens with one attached hydrogen (secondary N) is 3. The smallest absolute Gasteiger partial charge is 0.337 e. The largest absolute Gasteiger partial charge is 0.497 e. The van der Waals surface area contributed by atoms with E-state index >= 15 is 0 Å². The van der Waals surface area contributed by atoms with Gasteiger partial charge in [-0.15, -0.1) is 0 Å². The first-order valence-electron chi connectivity index (χ1n) is 11.2. The zero-order valence-electron chi connectivity index (χ0n) is 20.5. The SMILES string of the molecule is CCOc1cc([C@@H]2NC(=O)NC(C)=C2C(=O)OC)ccc1OC[C@@H](O)N/N=C\c1cccc(OC)c1. The van der Waals surface area contributed by atoms with Crippen molar-refractivity contribution in [2.24, 2.45) is 5.10 Å². The Labute approximate surface area is 209 Å². The van der Waals surface area contributed by atoms with Gasteiger partial charge in [-0.2, -0.15) is 5.10 Å². The van der Waals surface area contributed by atoms with Crippen molar-refractivity contribution < 1.29 is 33.6 Å². The number of benzene rings is 2. The maximum atomic E-state index is 12.4. The van der Waals surface area contributed by atoms with E-state index in [1.54, 1.807) is 44.5 Å². The topological polar surface area (TPSA) is 140 Å². The molecule has 0 bridgehead atoms. The summed E-state index contributed by atoms with van der Waals surface area (Å²) < 4.78 is 21.5. The standard InChI is InChI=1S/C25H30N4O7/c1-5-35-20-12-17(23-22(24(31)34-4)15(2)27-25(32)28-23)9-10-19(20)36-14-21(30)29-26-13-16-7-6-8-18(11-16)33-3/h6-13,21,23,29-30H,5,14H2,1-4H3,(H2,27,28,32)/b26-13-/t21-,23+/m1/s1. The Morgan fingerprint density at radius 3 is 2.72 bits per heavy atom. The van der Waals surface area contributed by atoms with Gasteiger partial charge in [0.15, 0.2) is 17.7 Å². The molecule has 0 aromatic heterocycles. The molecule has 1 aliphatic rings. The number of ether oxygens (including phenoxy) is 4. The summed E-state index contributed by atoms with van der Waals surface area (Å²) in [6, 6.07) is 11.1. The number of methoxy groups -OCH3 is 2. The molecule has 0 unspecified atom stereocenters. The fraction of sp³-hybridized carbons (Fsp3) is 0.320. The number of aliphatic hydroxyl groups is 1. The summed E-state index contributed by atoms with van der Waals surface area (Å²) in [5, 5.41) is 19.6. The van der Waals surface area contributed by atoms with Gasteiger partial charge in [0.1, 0.15) is 12.4 Å². The van der Waals surface area contributed by atoms with Crippen molar-refractivity contribution in [3.05, 3.63) is 64.9 Å². The first-order chi connectivity index (χ1) is 17.4. The Hall–Kier alpha value is -4.25.